The SMILES string of the molecule is CCc1nc2c(s1)CC(=O)CC2. The van der Waals surface area contributed by atoms with E-state index in [0.717, 1.165) is 12.8 Å². The Morgan fingerprint density at radius 2 is 2.33 bits per heavy atom. The molecule has 0 spiro atoms. The van der Waals surface area contributed by atoms with Gasteiger partial charge in [0.2, 0.25) is 0 Å². The van der Waals surface area contributed by atoms with Crippen molar-refractivity contribution in [1.82, 2.24) is 4.98 Å². The largest absolute Gasteiger partial charge is 0.299 e. The molecular weight excluding hydrogens is 170 g/mol. The minimum absolute atomic E-state index is 0.369. The molecule has 0 N–H and O–H groups in total. The summed E-state index contributed by atoms with van der Waals surface area (Å²) in [5.74, 6) is 0.369. The fraction of sp³-hybridized carbons (Fsp3) is 0.556. The number of ketones is 1. The summed E-state index contributed by atoms with van der Waals surface area (Å²) >= 11 is 1.71. The quantitative estimate of drug-likeness (QED) is 0.661. The van der Waals surface area contributed by atoms with Crippen molar-refractivity contribution in [3.05, 3.63) is 15.6 Å². The van der Waals surface area contributed by atoms with Gasteiger partial charge in [0.25, 0.3) is 0 Å². The van der Waals surface area contributed by atoms with Crippen LogP contribution in [0.15, 0.2) is 0 Å². The van der Waals surface area contributed by atoms with Gasteiger partial charge < -0.3 is 0 Å². The van der Waals surface area contributed by atoms with Crippen LogP contribution < -0.4 is 0 Å². The third kappa shape index (κ3) is 1.29. The number of thiazole rings is 1. The van der Waals surface area contributed by atoms with Crippen LogP contribution >= 0.6 is 11.3 Å². The molecular formula is C9H11NOS. The Kier molecular flexibility index (Phi) is 1.97. The van der Waals surface area contributed by atoms with E-state index in [1.165, 1.54) is 15.6 Å². The molecule has 0 aliphatic heterocycles. The van der Waals surface area contributed by atoms with Crippen molar-refractivity contribution in [2.24, 2.45) is 0 Å². The first-order valence-electron chi connectivity index (χ1n) is 4.28. The Morgan fingerprint density at radius 1 is 1.50 bits per heavy atom. The molecule has 1 aromatic heterocycles. The number of Topliss-reactive ketones (excluding diaryl/α,β-unsaturated/α-hetero) is 1. The lowest BCUT2D eigenvalue weighted by Crippen LogP contribution is -2.11. The summed E-state index contributed by atoms with van der Waals surface area (Å²) in [6, 6.07) is 0. The summed E-state index contributed by atoms with van der Waals surface area (Å²) in [7, 11) is 0. The van der Waals surface area contributed by atoms with Crippen molar-refractivity contribution in [3.8, 4) is 0 Å². The van der Waals surface area contributed by atoms with Crippen molar-refractivity contribution in [3.63, 3.8) is 0 Å². The predicted octanol–water partition coefficient (Wildman–Crippen LogP) is 1.76. The Balaban J connectivity index is 2.34. The van der Waals surface area contributed by atoms with Crippen LogP contribution in [-0.2, 0) is 24.1 Å². The minimum atomic E-state index is 0.369. The van der Waals surface area contributed by atoms with E-state index in [4.69, 9.17) is 0 Å². The van der Waals surface area contributed by atoms with Gasteiger partial charge >= 0.3 is 0 Å². The highest BCUT2D eigenvalue weighted by Crippen LogP contribution is 2.25. The van der Waals surface area contributed by atoms with Gasteiger partial charge in [-0.1, -0.05) is 6.92 Å². The lowest BCUT2D eigenvalue weighted by molar-refractivity contribution is -0.118. The predicted molar refractivity (Wildman–Crippen MR) is 48.5 cm³/mol. The van der Waals surface area contributed by atoms with E-state index in [1.807, 2.05) is 0 Å². The van der Waals surface area contributed by atoms with Crippen LogP contribution in [0.1, 0.15) is 28.9 Å². The molecule has 2 nitrogen and oxygen atoms in total. The molecule has 1 aliphatic rings. The molecule has 0 unspecified atom stereocenters. The van der Waals surface area contributed by atoms with Gasteiger partial charge in [0.15, 0.2) is 0 Å². The molecule has 1 heterocycles. The number of carbonyl (C=O) groups is 1. The van der Waals surface area contributed by atoms with Crippen LogP contribution in [0.5, 0.6) is 0 Å². The van der Waals surface area contributed by atoms with Crippen LogP contribution in [0.2, 0.25) is 0 Å². The molecule has 0 bridgehead atoms. The maximum absolute atomic E-state index is 11.1. The molecule has 0 amide bonds. The Hall–Kier alpha value is -0.700. The fourth-order valence-corrected chi connectivity index (χ4v) is 2.53. The maximum atomic E-state index is 11.1. The third-order valence-corrected chi connectivity index (χ3v) is 3.37. The second-order valence-electron chi connectivity index (χ2n) is 3.05. The highest BCUT2D eigenvalue weighted by Gasteiger charge is 2.19. The highest BCUT2D eigenvalue weighted by atomic mass is 32.1. The summed E-state index contributed by atoms with van der Waals surface area (Å²) in [5.41, 5.74) is 1.18. The third-order valence-electron chi connectivity index (χ3n) is 2.12. The van der Waals surface area contributed by atoms with Crippen LogP contribution in [0.25, 0.3) is 0 Å². The van der Waals surface area contributed by atoms with Gasteiger partial charge in [-0.05, 0) is 12.8 Å². The van der Waals surface area contributed by atoms with Crippen LogP contribution in [0, 0.1) is 0 Å². The zero-order valence-corrected chi connectivity index (χ0v) is 7.91. The topological polar surface area (TPSA) is 30.0 Å². The summed E-state index contributed by atoms with van der Waals surface area (Å²) in [6.07, 6.45) is 3.18. The normalized spacial score (nSPS) is 16.2. The molecule has 12 heavy (non-hydrogen) atoms. The molecule has 0 radical (unpaired) electrons. The van der Waals surface area contributed by atoms with Gasteiger partial charge in [-0.3, -0.25) is 4.79 Å². The van der Waals surface area contributed by atoms with Crippen molar-refractivity contribution in [1.29, 1.82) is 0 Å². The lowest BCUT2D eigenvalue weighted by Gasteiger charge is -2.06. The number of carbonyl (C=O) groups excluding carboxylic acids is 1. The number of fused-ring (bicyclic) bond motifs is 1. The van der Waals surface area contributed by atoms with E-state index in [1.54, 1.807) is 11.3 Å². The molecule has 0 aromatic carbocycles. The molecule has 2 rings (SSSR count). The first kappa shape index (κ1) is 7.92. The second-order valence-corrected chi connectivity index (χ2v) is 4.21. The molecule has 0 saturated heterocycles. The van der Waals surface area contributed by atoms with E-state index in [2.05, 4.69) is 11.9 Å². The van der Waals surface area contributed by atoms with E-state index in [9.17, 15) is 4.79 Å². The molecule has 64 valence electrons. The second kappa shape index (κ2) is 2.98. The minimum Gasteiger partial charge on any atom is -0.299 e. The van der Waals surface area contributed by atoms with Gasteiger partial charge in [0.05, 0.1) is 10.7 Å². The number of nitrogens with zero attached hydrogens (tertiary/aromatic N) is 1. The monoisotopic (exact) mass is 181 g/mol. The van der Waals surface area contributed by atoms with Crippen molar-refractivity contribution in [2.45, 2.75) is 32.6 Å². The van der Waals surface area contributed by atoms with Crippen LogP contribution in [0.3, 0.4) is 0 Å². The molecule has 1 aliphatic carbocycles. The fourth-order valence-electron chi connectivity index (χ4n) is 1.45. The average Bonchev–Trinajstić information content (AvgIpc) is 2.46. The zero-order valence-electron chi connectivity index (χ0n) is 7.09. The Bertz CT molecular complexity index is 316. The molecule has 1 aromatic rings. The van der Waals surface area contributed by atoms with Gasteiger partial charge in [-0.2, -0.15) is 0 Å². The van der Waals surface area contributed by atoms with Gasteiger partial charge in [0, 0.05) is 17.7 Å². The summed E-state index contributed by atoms with van der Waals surface area (Å²) in [4.78, 5) is 16.8. The molecule has 0 saturated carbocycles. The Labute approximate surface area is 75.6 Å². The number of rotatable bonds is 1. The van der Waals surface area contributed by atoms with Gasteiger partial charge in [0.1, 0.15) is 5.78 Å². The first-order valence-corrected chi connectivity index (χ1v) is 5.10. The first-order chi connectivity index (χ1) is 5.79. The molecule has 3 heteroatoms. The Morgan fingerprint density at radius 3 is 3.08 bits per heavy atom. The van der Waals surface area contributed by atoms with E-state index >= 15 is 0 Å². The highest BCUT2D eigenvalue weighted by molar-refractivity contribution is 7.11. The van der Waals surface area contributed by atoms with E-state index in [0.29, 0.717) is 18.6 Å². The summed E-state index contributed by atoms with van der Waals surface area (Å²) in [5, 5.41) is 1.18. The summed E-state index contributed by atoms with van der Waals surface area (Å²) < 4.78 is 0. The van der Waals surface area contributed by atoms with E-state index in [-0.39, 0.29) is 0 Å². The van der Waals surface area contributed by atoms with Gasteiger partial charge in [-0.25, -0.2) is 4.98 Å². The smallest absolute Gasteiger partial charge is 0.138 e. The standard InChI is InChI=1S/C9H11NOS/c1-2-9-10-7-4-3-6(11)5-8(7)12-9/h2-5H2,1H3. The van der Waals surface area contributed by atoms with Crippen molar-refractivity contribution < 1.29 is 4.79 Å². The number of hydrogen-bond acceptors (Lipinski definition) is 3. The van der Waals surface area contributed by atoms with Crippen molar-refractivity contribution >= 4 is 17.1 Å². The summed E-state index contributed by atoms with van der Waals surface area (Å²) in [6.45, 7) is 2.10. The van der Waals surface area contributed by atoms with E-state index < -0.39 is 0 Å². The number of aromatic nitrogens is 1. The average molecular weight is 181 g/mol. The lowest BCUT2D eigenvalue weighted by atomic mass is 10.0. The number of aryl methyl sites for hydroxylation is 2. The molecule has 0 atom stereocenters. The van der Waals surface area contributed by atoms with Crippen molar-refractivity contribution in [2.75, 3.05) is 0 Å². The van der Waals surface area contributed by atoms with Crippen LogP contribution in [-0.4, -0.2) is 10.8 Å². The zero-order chi connectivity index (χ0) is 8.55. The molecule has 0 fully saturated rings. The number of hydrogen-bond donors (Lipinski definition) is 0. The van der Waals surface area contributed by atoms with Crippen LogP contribution in [0.4, 0.5) is 0 Å². The maximum Gasteiger partial charge on any atom is 0.138 e. The van der Waals surface area contributed by atoms with Gasteiger partial charge in [-0.15, -0.1) is 11.3 Å².